The third-order valence-corrected chi connectivity index (χ3v) is 5.19. The molecule has 1 unspecified atom stereocenters. The lowest BCUT2D eigenvalue weighted by Gasteiger charge is -2.44. The first-order valence-electron chi connectivity index (χ1n) is 9.52. The molecular formula is C23H26N2O3. The number of fused-ring (bicyclic) bond motifs is 1. The molecule has 0 aromatic heterocycles. The SMILES string of the molecule is CC(C)(C)OC(=O)N1CC=C2C(Cc3ccccc3)C(=O)C(C#N)=C[C@@]2(C)C1. The molecule has 3 rings (SSSR count). The fourth-order valence-corrected chi connectivity index (χ4v) is 3.99. The van der Waals surface area contributed by atoms with Gasteiger partial charge in [-0.1, -0.05) is 49.4 Å². The third-order valence-electron chi connectivity index (χ3n) is 5.19. The number of carbonyl (C=O) groups excluding carboxylic acids is 2. The molecule has 5 nitrogen and oxygen atoms in total. The van der Waals surface area contributed by atoms with E-state index in [4.69, 9.17) is 4.74 Å². The number of nitriles is 1. The molecule has 2 aliphatic rings. The van der Waals surface area contributed by atoms with E-state index < -0.39 is 11.0 Å². The molecule has 1 amide bonds. The van der Waals surface area contributed by atoms with Crippen molar-refractivity contribution in [1.29, 1.82) is 5.26 Å². The Morgan fingerprint density at radius 3 is 2.61 bits per heavy atom. The zero-order valence-electron chi connectivity index (χ0n) is 16.9. The molecule has 0 bridgehead atoms. The van der Waals surface area contributed by atoms with Gasteiger partial charge in [-0.2, -0.15) is 5.26 Å². The van der Waals surface area contributed by atoms with Gasteiger partial charge >= 0.3 is 6.09 Å². The number of ketones is 1. The summed E-state index contributed by atoms with van der Waals surface area (Å²) < 4.78 is 5.50. The number of ether oxygens (including phenoxy) is 1. The van der Waals surface area contributed by atoms with Gasteiger partial charge in [0.25, 0.3) is 0 Å². The van der Waals surface area contributed by atoms with Gasteiger partial charge in [-0.3, -0.25) is 4.79 Å². The summed E-state index contributed by atoms with van der Waals surface area (Å²) in [6.45, 7) is 8.27. The van der Waals surface area contributed by atoms with Gasteiger partial charge in [-0.15, -0.1) is 0 Å². The topological polar surface area (TPSA) is 70.4 Å². The van der Waals surface area contributed by atoms with E-state index in [9.17, 15) is 14.9 Å². The first-order valence-corrected chi connectivity index (χ1v) is 9.52. The maximum absolute atomic E-state index is 12.9. The summed E-state index contributed by atoms with van der Waals surface area (Å²) in [6, 6.07) is 11.9. The second-order valence-electron chi connectivity index (χ2n) is 8.71. The van der Waals surface area contributed by atoms with E-state index >= 15 is 0 Å². The molecule has 0 fully saturated rings. The molecule has 0 saturated heterocycles. The molecule has 1 aliphatic carbocycles. The molecule has 0 spiro atoms. The van der Waals surface area contributed by atoms with Crippen molar-refractivity contribution < 1.29 is 14.3 Å². The average molecular weight is 378 g/mol. The van der Waals surface area contributed by atoms with Crippen molar-refractivity contribution in [1.82, 2.24) is 4.90 Å². The van der Waals surface area contributed by atoms with Crippen LogP contribution < -0.4 is 0 Å². The molecule has 0 N–H and O–H groups in total. The monoisotopic (exact) mass is 378 g/mol. The number of allylic oxidation sites excluding steroid dienone is 1. The van der Waals surface area contributed by atoms with Crippen LogP contribution >= 0.6 is 0 Å². The molecule has 1 heterocycles. The number of Topliss-reactive ketones (excluding diaryl/α,β-unsaturated/α-hetero) is 1. The quantitative estimate of drug-likeness (QED) is 0.728. The predicted molar refractivity (Wildman–Crippen MR) is 106 cm³/mol. The van der Waals surface area contributed by atoms with Crippen LogP contribution in [0.4, 0.5) is 4.79 Å². The van der Waals surface area contributed by atoms with Gasteiger partial charge in [0, 0.05) is 24.4 Å². The second kappa shape index (κ2) is 7.27. The highest BCUT2D eigenvalue weighted by molar-refractivity contribution is 6.04. The molecule has 1 aromatic carbocycles. The Bertz CT molecular complexity index is 887. The zero-order valence-corrected chi connectivity index (χ0v) is 16.9. The van der Waals surface area contributed by atoms with Crippen molar-refractivity contribution in [2.75, 3.05) is 13.1 Å². The van der Waals surface area contributed by atoms with E-state index in [1.807, 2.05) is 64.1 Å². The van der Waals surface area contributed by atoms with Crippen LogP contribution in [0.5, 0.6) is 0 Å². The van der Waals surface area contributed by atoms with Crippen molar-refractivity contribution >= 4 is 11.9 Å². The summed E-state index contributed by atoms with van der Waals surface area (Å²) in [5, 5.41) is 9.51. The van der Waals surface area contributed by atoms with Crippen LogP contribution in [0.15, 0.2) is 53.6 Å². The Balaban J connectivity index is 1.93. The van der Waals surface area contributed by atoms with E-state index in [1.54, 1.807) is 11.0 Å². The molecule has 146 valence electrons. The minimum absolute atomic E-state index is 0.138. The number of benzene rings is 1. The summed E-state index contributed by atoms with van der Waals surface area (Å²) in [7, 11) is 0. The van der Waals surface area contributed by atoms with E-state index in [2.05, 4.69) is 6.07 Å². The first-order chi connectivity index (χ1) is 13.1. The standard InChI is InChI=1S/C23H26N2O3/c1-22(2,3)28-21(27)25-11-10-19-18(12-16-8-6-5-7-9-16)20(26)17(14-24)13-23(19,4)15-25/h5-10,13,18H,11-12,15H2,1-4H3/t18?,23-/m0/s1. The maximum Gasteiger partial charge on any atom is 0.410 e. The Labute approximate surface area is 166 Å². The highest BCUT2D eigenvalue weighted by Crippen LogP contribution is 2.44. The number of rotatable bonds is 2. The van der Waals surface area contributed by atoms with Crippen molar-refractivity contribution in [2.24, 2.45) is 11.3 Å². The summed E-state index contributed by atoms with van der Waals surface area (Å²) in [5.74, 6) is -0.520. The van der Waals surface area contributed by atoms with Crippen LogP contribution in [0.25, 0.3) is 0 Å². The number of carbonyl (C=O) groups is 2. The van der Waals surface area contributed by atoms with E-state index in [0.717, 1.165) is 11.1 Å². The predicted octanol–water partition coefficient (Wildman–Crippen LogP) is 4.06. The van der Waals surface area contributed by atoms with E-state index in [1.165, 1.54) is 0 Å². The fourth-order valence-electron chi connectivity index (χ4n) is 3.99. The van der Waals surface area contributed by atoms with Crippen LogP contribution in [0.1, 0.15) is 33.3 Å². The second-order valence-corrected chi connectivity index (χ2v) is 8.71. The first kappa shape index (κ1) is 19.9. The van der Waals surface area contributed by atoms with Crippen LogP contribution in [-0.4, -0.2) is 35.5 Å². The minimum atomic E-state index is -0.575. The zero-order chi connectivity index (χ0) is 20.5. The van der Waals surface area contributed by atoms with E-state index in [-0.39, 0.29) is 23.4 Å². The van der Waals surface area contributed by atoms with Crippen molar-refractivity contribution in [2.45, 2.75) is 39.7 Å². The summed E-state index contributed by atoms with van der Waals surface area (Å²) in [4.78, 5) is 27.1. The van der Waals surface area contributed by atoms with E-state index in [0.29, 0.717) is 19.5 Å². The maximum atomic E-state index is 12.9. The summed E-state index contributed by atoms with van der Waals surface area (Å²) in [5.41, 5.74) is 1.08. The van der Waals surface area contributed by atoms with Gasteiger partial charge in [0.15, 0.2) is 5.78 Å². The third kappa shape index (κ3) is 4.01. The highest BCUT2D eigenvalue weighted by Gasteiger charge is 2.45. The lowest BCUT2D eigenvalue weighted by atomic mass is 9.65. The number of nitrogens with zero attached hydrogens (tertiary/aromatic N) is 2. The Morgan fingerprint density at radius 2 is 2.00 bits per heavy atom. The van der Waals surface area contributed by atoms with Crippen LogP contribution in [0.2, 0.25) is 0 Å². The molecular weight excluding hydrogens is 352 g/mol. The molecule has 0 radical (unpaired) electrons. The smallest absolute Gasteiger partial charge is 0.410 e. The normalized spacial score (nSPS) is 24.6. The number of hydrogen-bond acceptors (Lipinski definition) is 4. The van der Waals surface area contributed by atoms with Crippen molar-refractivity contribution in [3.8, 4) is 6.07 Å². The lowest BCUT2D eigenvalue weighted by molar-refractivity contribution is -0.118. The van der Waals surface area contributed by atoms with Crippen molar-refractivity contribution in [3.05, 3.63) is 59.2 Å². The number of hydrogen-bond donors (Lipinski definition) is 0. The lowest BCUT2D eigenvalue weighted by Crippen LogP contribution is -2.49. The number of amides is 1. The van der Waals surface area contributed by atoms with Crippen LogP contribution in [0.3, 0.4) is 0 Å². The van der Waals surface area contributed by atoms with Gasteiger partial charge in [-0.25, -0.2) is 4.79 Å². The Hall–Kier alpha value is -2.87. The largest absolute Gasteiger partial charge is 0.444 e. The van der Waals surface area contributed by atoms with Crippen LogP contribution in [-0.2, 0) is 16.0 Å². The molecule has 1 aliphatic heterocycles. The molecule has 28 heavy (non-hydrogen) atoms. The minimum Gasteiger partial charge on any atom is -0.444 e. The highest BCUT2D eigenvalue weighted by atomic mass is 16.6. The molecule has 2 atom stereocenters. The molecule has 1 aromatic rings. The molecule has 0 saturated carbocycles. The summed E-state index contributed by atoms with van der Waals surface area (Å²) >= 11 is 0. The average Bonchev–Trinajstić information content (AvgIpc) is 2.63. The van der Waals surface area contributed by atoms with Gasteiger partial charge in [0.05, 0.1) is 5.57 Å². The summed E-state index contributed by atoms with van der Waals surface area (Å²) in [6.07, 6.45) is 3.85. The Morgan fingerprint density at radius 1 is 1.32 bits per heavy atom. The van der Waals surface area contributed by atoms with Gasteiger partial charge in [0.2, 0.25) is 0 Å². The molecule has 5 heteroatoms. The van der Waals surface area contributed by atoms with Gasteiger partial charge in [0.1, 0.15) is 11.7 Å². The van der Waals surface area contributed by atoms with Crippen molar-refractivity contribution in [3.63, 3.8) is 0 Å². The van der Waals surface area contributed by atoms with Gasteiger partial charge in [-0.05, 0) is 38.3 Å². The fraction of sp³-hybridized carbons (Fsp3) is 0.435. The van der Waals surface area contributed by atoms with Gasteiger partial charge < -0.3 is 9.64 Å². The van der Waals surface area contributed by atoms with Crippen LogP contribution in [0, 0.1) is 22.7 Å². The Kier molecular flexibility index (Phi) is 5.16.